The molecule has 4 heteroatoms. The maximum atomic E-state index is 10.5. The number of hydrogen-bond acceptors (Lipinski definition) is 3. The quantitative estimate of drug-likeness (QED) is 0.391. The van der Waals surface area contributed by atoms with Gasteiger partial charge in [-0.15, -0.1) is 0 Å². The number of fused-ring (bicyclic) bond motifs is 5. The van der Waals surface area contributed by atoms with Gasteiger partial charge in [-0.1, -0.05) is 33.6 Å². The van der Waals surface area contributed by atoms with Crippen molar-refractivity contribution in [2.45, 2.75) is 103 Å². The molecule has 4 fully saturated rings. The van der Waals surface area contributed by atoms with Gasteiger partial charge in [-0.25, -0.2) is 4.57 Å². The molecule has 8 unspecified atom stereocenters. The second-order valence-corrected chi connectivity index (χ2v) is 11.9. The molecule has 0 aromatic carbocycles. The fourth-order valence-corrected chi connectivity index (χ4v) is 9.40. The summed E-state index contributed by atoms with van der Waals surface area (Å²) in [5.74, 6) is 3.89. The Labute approximate surface area is 174 Å². The maximum absolute atomic E-state index is 10.5. The van der Waals surface area contributed by atoms with E-state index in [2.05, 4.69) is 20.8 Å². The molecule has 0 saturated heterocycles. The van der Waals surface area contributed by atoms with Crippen molar-refractivity contribution in [2.75, 3.05) is 6.61 Å². The molecule has 4 aliphatic carbocycles. The summed E-state index contributed by atoms with van der Waals surface area (Å²) in [6, 6.07) is 0. The summed E-state index contributed by atoms with van der Waals surface area (Å²) in [6.45, 7) is 8.28. The van der Waals surface area contributed by atoms with Crippen LogP contribution in [0.2, 0.25) is 0 Å². The third-order valence-corrected chi connectivity index (χ3v) is 10.8. The lowest BCUT2D eigenvalue weighted by Gasteiger charge is -2.65. The van der Waals surface area contributed by atoms with Crippen LogP contribution >= 0.6 is 8.69 Å². The van der Waals surface area contributed by atoms with E-state index in [0.29, 0.717) is 29.3 Å². The molecule has 3 nitrogen and oxygen atoms in total. The second-order valence-electron chi connectivity index (χ2n) is 11.5. The first-order valence-electron chi connectivity index (χ1n) is 12.1. The molecule has 8 atom stereocenters. The molecule has 2 N–H and O–H groups in total. The summed E-state index contributed by atoms with van der Waals surface area (Å²) in [5.41, 5.74) is 8.47. The smallest absolute Gasteiger partial charge is 0.325 e. The van der Waals surface area contributed by atoms with Crippen LogP contribution in [0.4, 0.5) is 0 Å². The number of rotatable bonds is 6. The highest BCUT2D eigenvalue weighted by atomic mass is 31.1. The van der Waals surface area contributed by atoms with Crippen LogP contribution in [0.5, 0.6) is 0 Å². The molecule has 0 bridgehead atoms. The van der Waals surface area contributed by atoms with E-state index in [1.54, 1.807) is 0 Å². The van der Waals surface area contributed by atoms with Crippen molar-refractivity contribution < 1.29 is 9.09 Å². The Hall–Kier alpha value is 0.0200. The van der Waals surface area contributed by atoms with Gasteiger partial charge in [0.2, 0.25) is 0 Å². The molecule has 0 aliphatic heterocycles. The Morgan fingerprint density at radius 1 is 1.00 bits per heavy atom. The average Bonchev–Trinajstić information content (AvgIpc) is 3.03. The van der Waals surface area contributed by atoms with Crippen LogP contribution in [0.1, 0.15) is 97.8 Å². The highest BCUT2D eigenvalue weighted by molar-refractivity contribution is 7.17. The van der Waals surface area contributed by atoms with Crippen molar-refractivity contribution in [3.05, 3.63) is 0 Å². The van der Waals surface area contributed by atoms with Crippen molar-refractivity contribution in [3.63, 3.8) is 0 Å². The van der Waals surface area contributed by atoms with Crippen molar-refractivity contribution in [3.8, 4) is 0 Å². The molecule has 0 aromatic heterocycles. The van der Waals surface area contributed by atoms with Gasteiger partial charge in [-0.05, 0) is 105 Å². The fourth-order valence-electron chi connectivity index (χ4n) is 9.20. The van der Waals surface area contributed by atoms with Gasteiger partial charge in [0.15, 0.2) is 0 Å². The molecule has 4 rings (SSSR count). The molecule has 0 amide bonds. The summed E-state index contributed by atoms with van der Waals surface area (Å²) in [4.78, 5) is 0. The predicted octanol–water partition coefficient (Wildman–Crippen LogP) is 6.76. The van der Waals surface area contributed by atoms with Gasteiger partial charge in [-0.2, -0.15) is 0 Å². The summed E-state index contributed by atoms with van der Waals surface area (Å²) < 4.78 is 15.5. The largest absolute Gasteiger partial charge is 0.327 e. The van der Waals surface area contributed by atoms with E-state index in [9.17, 15) is 4.57 Å². The minimum Gasteiger partial charge on any atom is -0.325 e. The lowest BCUT2D eigenvalue weighted by atomic mass is 9.42. The van der Waals surface area contributed by atoms with E-state index in [1.807, 2.05) is 0 Å². The summed E-state index contributed by atoms with van der Waals surface area (Å²) >= 11 is 0. The van der Waals surface area contributed by atoms with E-state index >= 15 is 0 Å². The van der Waals surface area contributed by atoms with Crippen LogP contribution in [0.15, 0.2) is 0 Å². The monoisotopic (exact) mass is 407 g/mol. The van der Waals surface area contributed by atoms with Gasteiger partial charge in [0.25, 0.3) is 0 Å². The molecule has 0 aromatic rings. The molecule has 0 heterocycles. The molecule has 4 saturated carbocycles. The zero-order valence-electron chi connectivity index (χ0n) is 18.4. The van der Waals surface area contributed by atoms with E-state index in [1.165, 1.54) is 70.6 Å². The highest BCUT2D eigenvalue weighted by Gasteiger charge is 2.65. The van der Waals surface area contributed by atoms with Gasteiger partial charge in [0.1, 0.15) is 0 Å². The fraction of sp³-hybridized carbons (Fsp3) is 1.00. The van der Waals surface area contributed by atoms with Gasteiger partial charge in [0, 0.05) is 5.54 Å². The average molecular weight is 408 g/mol. The van der Waals surface area contributed by atoms with Crippen molar-refractivity contribution >= 4 is 8.69 Å². The van der Waals surface area contributed by atoms with Gasteiger partial charge in [-0.3, -0.25) is 4.52 Å². The zero-order chi connectivity index (χ0) is 20.0. The van der Waals surface area contributed by atoms with E-state index < -0.39 is 0 Å². The number of nitrogens with two attached hydrogens (primary N) is 1. The van der Waals surface area contributed by atoms with Crippen LogP contribution in [0, 0.1) is 40.4 Å². The maximum Gasteiger partial charge on any atom is 0.327 e. The van der Waals surface area contributed by atoms with Gasteiger partial charge < -0.3 is 5.73 Å². The molecular formula is C24H42NO2P. The minimum absolute atomic E-state index is 0.0780. The van der Waals surface area contributed by atoms with Crippen molar-refractivity contribution in [2.24, 2.45) is 46.2 Å². The lowest BCUT2D eigenvalue weighted by molar-refractivity contribution is -0.129. The second kappa shape index (κ2) is 7.93. The third kappa shape index (κ3) is 3.23. The Balaban J connectivity index is 1.51. The van der Waals surface area contributed by atoms with Crippen LogP contribution in [0.25, 0.3) is 0 Å². The number of hydrogen-bond donors (Lipinski definition) is 1. The molecule has 160 valence electrons. The normalized spacial score (nSPS) is 49.3. The molecular weight excluding hydrogens is 365 g/mol. The minimum atomic E-state index is -0.177. The topological polar surface area (TPSA) is 52.3 Å². The lowest BCUT2D eigenvalue weighted by Crippen LogP contribution is -2.67. The van der Waals surface area contributed by atoms with Gasteiger partial charge >= 0.3 is 8.69 Å². The summed E-state index contributed by atoms with van der Waals surface area (Å²) in [7, 11) is -0.177. The summed E-state index contributed by atoms with van der Waals surface area (Å²) in [6.07, 6.45) is 16.0. The highest BCUT2D eigenvalue weighted by Crippen LogP contribution is 2.69. The van der Waals surface area contributed by atoms with E-state index in [0.717, 1.165) is 24.2 Å². The van der Waals surface area contributed by atoms with Crippen molar-refractivity contribution in [1.82, 2.24) is 0 Å². The standard InChI is InChI=1S/C24H42NO2P/c1-17(7-6-16-27-28-26)19-9-10-20-23(19,3)14-12-21-22(2)13-5-4-8-18(22)11-15-24(20,21)25/h17-21H,4-16,25H2,1-3H3. The van der Waals surface area contributed by atoms with Crippen LogP contribution in [0.3, 0.4) is 0 Å². The van der Waals surface area contributed by atoms with Crippen LogP contribution < -0.4 is 5.73 Å². The molecule has 0 radical (unpaired) electrons. The first kappa shape index (κ1) is 21.3. The van der Waals surface area contributed by atoms with E-state index in [4.69, 9.17) is 10.3 Å². The van der Waals surface area contributed by atoms with Crippen molar-refractivity contribution in [1.29, 1.82) is 0 Å². The SMILES string of the molecule is CC(CCCOP=O)C1CCC2C1(C)CCC1C3(C)CCCCC3CCC12N. The predicted molar refractivity (Wildman–Crippen MR) is 115 cm³/mol. The van der Waals surface area contributed by atoms with Crippen LogP contribution in [-0.4, -0.2) is 12.1 Å². The third-order valence-electron chi connectivity index (χ3n) is 10.5. The Bertz CT molecular complexity index is 585. The van der Waals surface area contributed by atoms with Crippen LogP contribution in [-0.2, 0) is 9.09 Å². The Morgan fingerprint density at radius 3 is 2.57 bits per heavy atom. The Kier molecular flexibility index (Phi) is 6.02. The van der Waals surface area contributed by atoms with E-state index in [-0.39, 0.29) is 14.2 Å². The Morgan fingerprint density at radius 2 is 1.79 bits per heavy atom. The summed E-state index contributed by atoms with van der Waals surface area (Å²) in [5, 5.41) is 0. The molecule has 4 aliphatic rings. The zero-order valence-corrected chi connectivity index (χ0v) is 19.3. The molecule has 28 heavy (non-hydrogen) atoms. The molecule has 0 spiro atoms. The van der Waals surface area contributed by atoms with Gasteiger partial charge in [0.05, 0.1) is 6.61 Å². The first-order chi connectivity index (χ1) is 13.4. The first-order valence-corrected chi connectivity index (χ1v) is 12.8.